The molecular weight excluding hydrogens is 164 g/mol. The van der Waals surface area contributed by atoms with Crippen LogP contribution >= 0.6 is 0 Å². The Bertz CT molecular complexity index is 270. The van der Waals surface area contributed by atoms with Crippen LogP contribution in [0.2, 0.25) is 0 Å². The van der Waals surface area contributed by atoms with Gasteiger partial charge in [0.1, 0.15) is 0 Å². The second-order valence-corrected chi connectivity index (χ2v) is 4.06. The molecule has 13 heavy (non-hydrogen) atoms. The Labute approximate surface area is 79.0 Å². The van der Waals surface area contributed by atoms with Crippen molar-refractivity contribution in [3.05, 3.63) is 23.0 Å². The zero-order valence-electron chi connectivity index (χ0n) is 8.52. The van der Waals surface area contributed by atoms with Crippen LogP contribution in [0.1, 0.15) is 23.7 Å². The number of hydrogen-bond donors (Lipinski definition) is 3. The standard InChI is InChI=1S/C10H18N2O/c1-7-5-12-8(2)9(7)4-10(3,11)6-13/h5,12-13H,4,6,11H2,1-3H3. The molecule has 1 rings (SSSR count). The Kier molecular flexibility index (Phi) is 2.78. The van der Waals surface area contributed by atoms with Gasteiger partial charge in [-0.25, -0.2) is 0 Å². The second kappa shape index (κ2) is 3.52. The number of aryl methyl sites for hydroxylation is 2. The van der Waals surface area contributed by atoms with E-state index in [1.54, 1.807) is 0 Å². The first-order valence-electron chi connectivity index (χ1n) is 4.49. The van der Waals surface area contributed by atoms with Gasteiger partial charge in [0.2, 0.25) is 0 Å². The highest BCUT2D eigenvalue weighted by atomic mass is 16.3. The summed E-state index contributed by atoms with van der Waals surface area (Å²) in [6.07, 6.45) is 2.68. The summed E-state index contributed by atoms with van der Waals surface area (Å²) in [6, 6.07) is 0. The number of aliphatic hydroxyl groups is 1. The predicted molar refractivity (Wildman–Crippen MR) is 53.6 cm³/mol. The van der Waals surface area contributed by atoms with Gasteiger partial charge in [0.15, 0.2) is 0 Å². The van der Waals surface area contributed by atoms with Crippen LogP contribution in [0.15, 0.2) is 6.20 Å². The monoisotopic (exact) mass is 182 g/mol. The van der Waals surface area contributed by atoms with Gasteiger partial charge in [-0.1, -0.05) is 0 Å². The van der Waals surface area contributed by atoms with Crippen molar-refractivity contribution in [2.75, 3.05) is 6.61 Å². The minimum absolute atomic E-state index is 0.0110. The lowest BCUT2D eigenvalue weighted by atomic mass is 9.93. The normalized spacial score (nSPS) is 15.8. The van der Waals surface area contributed by atoms with E-state index in [-0.39, 0.29) is 6.61 Å². The van der Waals surface area contributed by atoms with Crippen molar-refractivity contribution in [2.45, 2.75) is 32.7 Å². The first-order valence-corrected chi connectivity index (χ1v) is 4.49. The van der Waals surface area contributed by atoms with Gasteiger partial charge in [-0.2, -0.15) is 0 Å². The molecule has 0 aliphatic rings. The molecule has 3 nitrogen and oxygen atoms in total. The van der Waals surface area contributed by atoms with Gasteiger partial charge in [-0.3, -0.25) is 0 Å². The van der Waals surface area contributed by atoms with E-state index in [1.165, 1.54) is 11.1 Å². The first kappa shape index (κ1) is 10.3. The van der Waals surface area contributed by atoms with E-state index in [4.69, 9.17) is 10.8 Å². The molecule has 0 saturated carbocycles. The predicted octanol–water partition coefficient (Wildman–Crippen LogP) is 0.884. The molecule has 0 radical (unpaired) electrons. The number of aromatic amines is 1. The average Bonchev–Trinajstić information content (AvgIpc) is 2.36. The summed E-state index contributed by atoms with van der Waals surface area (Å²) in [5, 5.41) is 9.04. The number of rotatable bonds is 3. The molecular formula is C10H18N2O. The van der Waals surface area contributed by atoms with Crippen molar-refractivity contribution in [2.24, 2.45) is 5.73 Å². The molecule has 0 saturated heterocycles. The van der Waals surface area contributed by atoms with E-state index in [9.17, 15) is 0 Å². The summed E-state index contributed by atoms with van der Waals surface area (Å²) in [6.45, 7) is 5.94. The minimum atomic E-state index is -0.516. The van der Waals surface area contributed by atoms with E-state index >= 15 is 0 Å². The maximum atomic E-state index is 9.04. The highest BCUT2D eigenvalue weighted by molar-refractivity contribution is 5.30. The summed E-state index contributed by atoms with van der Waals surface area (Å²) in [7, 11) is 0. The van der Waals surface area contributed by atoms with Crippen molar-refractivity contribution < 1.29 is 5.11 Å². The number of nitrogens with two attached hydrogens (primary N) is 1. The molecule has 0 fully saturated rings. The molecule has 1 aromatic rings. The summed E-state index contributed by atoms with van der Waals surface area (Å²) in [4.78, 5) is 3.15. The minimum Gasteiger partial charge on any atom is -0.394 e. The van der Waals surface area contributed by atoms with Gasteiger partial charge in [-0.05, 0) is 38.3 Å². The third-order valence-electron chi connectivity index (χ3n) is 2.38. The first-order chi connectivity index (χ1) is 5.96. The summed E-state index contributed by atoms with van der Waals surface area (Å²) in [5.41, 5.74) is 8.94. The lowest BCUT2D eigenvalue weighted by Gasteiger charge is -2.22. The molecule has 0 aromatic carbocycles. The van der Waals surface area contributed by atoms with Crippen LogP contribution in [-0.2, 0) is 6.42 Å². The summed E-state index contributed by atoms with van der Waals surface area (Å²) < 4.78 is 0. The third-order valence-corrected chi connectivity index (χ3v) is 2.38. The fourth-order valence-electron chi connectivity index (χ4n) is 1.42. The molecule has 0 bridgehead atoms. The molecule has 0 amide bonds. The zero-order valence-corrected chi connectivity index (χ0v) is 8.52. The largest absolute Gasteiger partial charge is 0.394 e. The number of aromatic nitrogens is 1. The van der Waals surface area contributed by atoms with E-state index < -0.39 is 5.54 Å². The Morgan fingerprint density at radius 1 is 1.54 bits per heavy atom. The molecule has 1 aromatic heterocycles. The fraction of sp³-hybridized carbons (Fsp3) is 0.600. The molecule has 0 aliphatic carbocycles. The topological polar surface area (TPSA) is 62.0 Å². The van der Waals surface area contributed by atoms with E-state index in [0.29, 0.717) is 6.42 Å². The van der Waals surface area contributed by atoms with Crippen LogP contribution in [0.5, 0.6) is 0 Å². The molecule has 1 atom stereocenters. The van der Waals surface area contributed by atoms with Gasteiger partial charge in [-0.15, -0.1) is 0 Å². The molecule has 3 heteroatoms. The summed E-state index contributed by atoms with van der Waals surface area (Å²) >= 11 is 0. The van der Waals surface area contributed by atoms with Crippen molar-refractivity contribution in [1.82, 2.24) is 4.98 Å². The van der Waals surface area contributed by atoms with Gasteiger partial charge in [0.25, 0.3) is 0 Å². The smallest absolute Gasteiger partial charge is 0.0611 e. The van der Waals surface area contributed by atoms with Crippen LogP contribution < -0.4 is 5.73 Å². The van der Waals surface area contributed by atoms with Crippen LogP contribution in [0.4, 0.5) is 0 Å². The van der Waals surface area contributed by atoms with Crippen molar-refractivity contribution in [3.63, 3.8) is 0 Å². The molecule has 0 aliphatic heterocycles. The van der Waals surface area contributed by atoms with Crippen molar-refractivity contribution in [1.29, 1.82) is 0 Å². The van der Waals surface area contributed by atoms with Crippen molar-refractivity contribution in [3.8, 4) is 0 Å². The maximum Gasteiger partial charge on any atom is 0.0611 e. The molecule has 74 valence electrons. The molecule has 1 heterocycles. The van der Waals surface area contributed by atoms with Gasteiger partial charge < -0.3 is 15.8 Å². The number of hydrogen-bond acceptors (Lipinski definition) is 2. The molecule has 1 unspecified atom stereocenters. The number of H-pyrrole nitrogens is 1. The lowest BCUT2D eigenvalue weighted by Crippen LogP contribution is -2.42. The second-order valence-electron chi connectivity index (χ2n) is 4.06. The third kappa shape index (κ3) is 2.32. The SMILES string of the molecule is Cc1c[nH]c(C)c1CC(C)(N)CO. The zero-order chi connectivity index (χ0) is 10.1. The van der Waals surface area contributed by atoms with Crippen LogP contribution in [0.3, 0.4) is 0 Å². The molecule has 4 N–H and O–H groups in total. The molecule has 0 spiro atoms. The number of aliphatic hydroxyl groups excluding tert-OH is 1. The van der Waals surface area contributed by atoms with Gasteiger partial charge in [0.05, 0.1) is 6.61 Å². The Hall–Kier alpha value is -0.800. The quantitative estimate of drug-likeness (QED) is 0.650. The Morgan fingerprint density at radius 3 is 2.54 bits per heavy atom. The Morgan fingerprint density at radius 2 is 2.15 bits per heavy atom. The average molecular weight is 182 g/mol. The fourth-order valence-corrected chi connectivity index (χ4v) is 1.42. The maximum absolute atomic E-state index is 9.04. The van der Waals surface area contributed by atoms with E-state index in [2.05, 4.69) is 4.98 Å². The number of nitrogens with one attached hydrogen (secondary N) is 1. The van der Waals surface area contributed by atoms with Crippen LogP contribution in [0, 0.1) is 13.8 Å². The van der Waals surface area contributed by atoms with Gasteiger partial charge >= 0.3 is 0 Å². The van der Waals surface area contributed by atoms with Crippen molar-refractivity contribution >= 4 is 0 Å². The van der Waals surface area contributed by atoms with E-state index in [0.717, 1.165) is 5.69 Å². The highest BCUT2D eigenvalue weighted by Gasteiger charge is 2.20. The van der Waals surface area contributed by atoms with Crippen LogP contribution in [0.25, 0.3) is 0 Å². The van der Waals surface area contributed by atoms with Crippen LogP contribution in [-0.4, -0.2) is 22.2 Å². The lowest BCUT2D eigenvalue weighted by molar-refractivity contribution is 0.208. The highest BCUT2D eigenvalue weighted by Crippen LogP contribution is 2.17. The van der Waals surface area contributed by atoms with Gasteiger partial charge in [0, 0.05) is 17.4 Å². The Balaban J connectivity index is 2.85. The van der Waals surface area contributed by atoms with E-state index in [1.807, 2.05) is 27.0 Å². The summed E-state index contributed by atoms with van der Waals surface area (Å²) in [5.74, 6) is 0.